The molecule has 0 nitrogen and oxygen atoms in total. The van der Waals surface area contributed by atoms with Gasteiger partial charge in [0.1, 0.15) is 0 Å². The molecule has 0 heterocycles. The van der Waals surface area contributed by atoms with Crippen LogP contribution in [-0.4, -0.2) is 0 Å². The van der Waals surface area contributed by atoms with E-state index in [1.807, 2.05) is 0 Å². The number of aryl methyl sites for hydroxylation is 2. The first-order valence-electron chi connectivity index (χ1n) is 5.98. The number of benzene rings is 2. The van der Waals surface area contributed by atoms with E-state index in [0.717, 1.165) is 0 Å². The first-order valence-corrected chi connectivity index (χ1v) is 5.98. The van der Waals surface area contributed by atoms with Gasteiger partial charge in [0.25, 0.3) is 0 Å². The predicted octanol–water partition coefficient (Wildman–Crippen LogP) is -1.15. The van der Waals surface area contributed by atoms with Crippen LogP contribution in [0.25, 0.3) is 21.9 Å². The third kappa shape index (κ3) is 3.58. The van der Waals surface area contributed by atoms with Crippen molar-refractivity contribution in [3.05, 3.63) is 65.7 Å². The quantitative estimate of drug-likeness (QED) is 0.467. The van der Waals surface area contributed by atoms with Gasteiger partial charge in [0, 0.05) is 0 Å². The number of rotatable bonds is 1. The molecule has 3 heteroatoms. The van der Waals surface area contributed by atoms with Crippen LogP contribution in [0.1, 0.15) is 11.1 Å². The molecule has 0 unspecified atom stereocenters. The third-order valence-electron chi connectivity index (χ3n) is 3.31. The zero-order chi connectivity index (χ0) is 11.8. The van der Waals surface area contributed by atoms with E-state index in [9.17, 15) is 0 Å². The summed E-state index contributed by atoms with van der Waals surface area (Å²) in [5.74, 6) is 0. The first kappa shape index (κ1) is 19.5. The minimum atomic E-state index is 0. The van der Waals surface area contributed by atoms with Gasteiger partial charge in [-0.15, -0.1) is 34.5 Å². The zero-order valence-corrected chi connectivity index (χ0v) is 15.4. The molecule has 0 amide bonds. The van der Waals surface area contributed by atoms with Gasteiger partial charge in [-0.05, 0) is 12.5 Å². The Labute approximate surface area is 151 Å². The second-order valence-corrected chi connectivity index (χ2v) is 4.66. The number of halogens is 2. The van der Waals surface area contributed by atoms with Crippen LogP contribution >= 0.6 is 0 Å². The van der Waals surface area contributed by atoms with Gasteiger partial charge in [0.15, 0.2) is 0 Å². The Bertz CT molecular complexity index is 672. The Morgan fingerprint density at radius 2 is 1.50 bits per heavy atom. The second-order valence-electron chi connectivity index (χ2n) is 4.66. The van der Waals surface area contributed by atoms with E-state index in [4.69, 9.17) is 0 Å². The van der Waals surface area contributed by atoms with E-state index in [-0.39, 0.29) is 51.0 Å². The fraction of sp³-hybridized carbons (Fsp3) is 0.118. The van der Waals surface area contributed by atoms with Crippen LogP contribution in [0.5, 0.6) is 0 Å². The van der Waals surface area contributed by atoms with E-state index in [1.165, 1.54) is 33.0 Å². The van der Waals surface area contributed by atoms with E-state index in [0.29, 0.717) is 0 Å². The second kappa shape index (κ2) is 8.08. The smallest absolute Gasteiger partial charge is 1.00 e. The molecule has 101 valence electrons. The molecule has 0 aliphatic rings. The molecule has 0 fully saturated rings. The molecule has 3 rings (SSSR count). The Kier molecular flexibility index (Phi) is 7.88. The molecule has 0 atom stereocenters. The first-order chi connectivity index (χ1) is 8.25. The Morgan fingerprint density at radius 1 is 0.850 bits per heavy atom. The van der Waals surface area contributed by atoms with Gasteiger partial charge < -0.3 is 24.8 Å². The van der Waals surface area contributed by atoms with Crippen molar-refractivity contribution in [2.24, 2.45) is 0 Å². The molecule has 0 aromatic heterocycles. The molecule has 3 aromatic carbocycles. The molecule has 1 radical (unpaired) electrons. The fourth-order valence-corrected chi connectivity index (χ4v) is 2.53. The molecule has 0 saturated heterocycles. The molecular formula is C17H15Cl2Zr. The predicted molar refractivity (Wildman–Crippen MR) is 74.5 cm³/mol. The molecule has 0 aliphatic heterocycles. The van der Waals surface area contributed by atoms with Crippen molar-refractivity contribution in [3.63, 3.8) is 0 Å². The van der Waals surface area contributed by atoms with Crippen molar-refractivity contribution < 1.29 is 51.0 Å². The Balaban J connectivity index is 0.00000120. The minimum absolute atomic E-state index is 0. The van der Waals surface area contributed by atoms with Gasteiger partial charge in [-0.2, -0.15) is 6.07 Å². The Morgan fingerprint density at radius 3 is 2.15 bits per heavy atom. The van der Waals surface area contributed by atoms with Gasteiger partial charge >= 0.3 is 26.2 Å². The molecule has 20 heavy (non-hydrogen) atoms. The maximum atomic E-state index is 2.28. The summed E-state index contributed by atoms with van der Waals surface area (Å²) in [6, 6.07) is 19.6. The van der Waals surface area contributed by atoms with Crippen LogP contribution in [0.4, 0.5) is 0 Å². The van der Waals surface area contributed by atoms with Gasteiger partial charge in [-0.3, -0.25) is 0 Å². The van der Waals surface area contributed by atoms with Crippen molar-refractivity contribution >= 4 is 10.8 Å². The third-order valence-corrected chi connectivity index (χ3v) is 3.31. The minimum Gasteiger partial charge on any atom is -1.00 e. The summed E-state index contributed by atoms with van der Waals surface area (Å²) >= 11 is 0. The van der Waals surface area contributed by atoms with Crippen LogP contribution in [0, 0.1) is 13.8 Å². The van der Waals surface area contributed by atoms with Gasteiger partial charge in [0.05, 0.1) is 0 Å². The van der Waals surface area contributed by atoms with Crippen LogP contribution in [0.15, 0.2) is 54.6 Å². The fourth-order valence-electron chi connectivity index (χ4n) is 2.53. The molecule has 0 spiro atoms. The van der Waals surface area contributed by atoms with Crippen molar-refractivity contribution in [1.29, 1.82) is 0 Å². The topological polar surface area (TPSA) is 0 Å². The monoisotopic (exact) mass is 379 g/mol. The summed E-state index contributed by atoms with van der Waals surface area (Å²) in [6.07, 6.45) is 0. The normalized spacial score (nSPS) is 9.30. The van der Waals surface area contributed by atoms with Crippen LogP contribution in [0.3, 0.4) is 0 Å². The van der Waals surface area contributed by atoms with Crippen LogP contribution in [-0.2, 0) is 26.2 Å². The van der Waals surface area contributed by atoms with Crippen LogP contribution < -0.4 is 24.8 Å². The van der Waals surface area contributed by atoms with E-state index < -0.39 is 0 Å². The summed E-state index contributed by atoms with van der Waals surface area (Å²) in [5, 5.41) is 2.71. The maximum absolute atomic E-state index is 2.28. The standard InChI is InChI=1S/C17H15.2ClH.Zr/c1-12-10-15-9-8-13(2)17(16(15)11-12)14-6-4-3-5-7-14;;;/h3-11H,1-2H3;2*1H;/q-1;;;+3/p-2. The number of hydrogen-bond acceptors (Lipinski definition) is 0. The average molecular weight is 381 g/mol. The summed E-state index contributed by atoms with van der Waals surface area (Å²) in [4.78, 5) is 0. The summed E-state index contributed by atoms with van der Waals surface area (Å²) in [5.41, 5.74) is 5.36. The summed E-state index contributed by atoms with van der Waals surface area (Å²) < 4.78 is 0. The van der Waals surface area contributed by atoms with Crippen molar-refractivity contribution in [2.75, 3.05) is 0 Å². The molecule has 0 bridgehead atoms. The SMILES string of the molecule is Cc1cc2c(-c3ccccc3)c(C)ccc2[cH-]1.[Cl-].[Cl-].[Zr+3]. The number of fused-ring (bicyclic) bond motifs is 1. The zero-order valence-electron chi connectivity index (χ0n) is 11.5. The van der Waals surface area contributed by atoms with E-state index in [1.54, 1.807) is 0 Å². The van der Waals surface area contributed by atoms with E-state index in [2.05, 4.69) is 68.4 Å². The van der Waals surface area contributed by atoms with Gasteiger partial charge in [0.2, 0.25) is 0 Å². The van der Waals surface area contributed by atoms with Crippen molar-refractivity contribution in [2.45, 2.75) is 13.8 Å². The molecule has 0 saturated carbocycles. The average Bonchev–Trinajstić information content (AvgIpc) is 2.70. The van der Waals surface area contributed by atoms with Crippen molar-refractivity contribution in [3.8, 4) is 11.1 Å². The van der Waals surface area contributed by atoms with E-state index >= 15 is 0 Å². The largest absolute Gasteiger partial charge is 3.00 e. The van der Waals surface area contributed by atoms with Crippen molar-refractivity contribution in [1.82, 2.24) is 0 Å². The van der Waals surface area contributed by atoms with Gasteiger partial charge in [-0.25, -0.2) is 0 Å². The van der Waals surface area contributed by atoms with Crippen LogP contribution in [0.2, 0.25) is 0 Å². The number of hydrogen-bond donors (Lipinski definition) is 0. The maximum Gasteiger partial charge on any atom is 3.00 e. The summed E-state index contributed by atoms with van der Waals surface area (Å²) in [7, 11) is 0. The molecule has 0 aliphatic carbocycles. The summed E-state index contributed by atoms with van der Waals surface area (Å²) in [6.45, 7) is 4.34. The molecular weight excluding hydrogens is 366 g/mol. The van der Waals surface area contributed by atoms with Gasteiger partial charge in [-0.1, -0.05) is 48.4 Å². The molecule has 0 N–H and O–H groups in total. The Hall–Kier alpha value is -0.487. The molecule has 3 aromatic rings.